The number of hydrogen-bond acceptors (Lipinski definition) is 2. The van der Waals surface area contributed by atoms with Gasteiger partial charge in [0.15, 0.2) is 0 Å². The van der Waals surface area contributed by atoms with Crippen molar-refractivity contribution in [2.75, 3.05) is 0 Å². The first kappa shape index (κ1) is 20.7. The van der Waals surface area contributed by atoms with Crippen LogP contribution in [0.4, 0.5) is 0 Å². The molecule has 2 aromatic carbocycles. The Morgan fingerprint density at radius 2 is 1.38 bits per heavy atom. The van der Waals surface area contributed by atoms with Crippen molar-refractivity contribution in [2.24, 2.45) is 0 Å². The molecular formula is C26H16Br2N2O2. The number of nitrogens with zero attached hydrogens (tertiary/aromatic N) is 2. The molecule has 0 aliphatic heterocycles. The minimum atomic E-state index is -0.169. The van der Waals surface area contributed by atoms with Gasteiger partial charge in [0, 0.05) is 44.1 Å². The predicted octanol–water partition coefficient (Wildman–Crippen LogP) is 6.51. The third-order valence-corrected chi connectivity index (χ3v) is 6.74. The molecule has 0 amide bonds. The number of ketones is 1. The molecule has 6 heteroatoms. The van der Waals surface area contributed by atoms with E-state index in [2.05, 4.69) is 31.9 Å². The highest BCUT2D eigenvalue weighted by Gasteiger charge is 2.28. The van der Waals surface area contributed by atoms with Gasteiger partial charge >= 0.3 is 0 Å². The highest BCUT2D eigenvalue weighted by molar-refractivity contribution is 9.10. The maximum absolute atomic E-state index is 14.0. The number of carbonyl (C=O) groups is 1. The van der Waals surface area contributed by atoms with Crippen molar-refractivity contribution in [3.63, 3.8) is 0 Å². The molecule has 156 valence electrons. The van der Waals surface area contributed by atoms with Crippen LogP contribution in [0.3, 0.4) is 0 Å². The van der Waals surface area contributed by atoms with E-state index < -0.39 is 0 Å². The lowest BCUT2D eigenvalue weighted by Crippen LogP contribution is -2.16. The minimum absolute atomic E-state index is 0.139. The van der Waals surface area contributed by atoms with E-state index >= 15 is 0 Å². The van der Waals surface area contributed by atoms with Gasteiger partial charge in [-0.2, -0.15) is 0 Å². The number of halogens is 2. The molecule has 0 aliphatic carbocycles. The van der Waals surface area contributed by atoms with Crippen LogP contribution in [-0.4, -0.2) is 14.8 Å². The molecule has 5 aromatic rings. The molecule has 0 radical (unpaired) electrons. The Morgan fingerprint density at radius 3 is 2.12 bits per heavy atom. The first-order valence-electron chi connectivity index (χ1n) is 9.93. The molecule has 0 aliphatic rings. The van der Waals surface area contributed by atoms with Crippen LogP contribution in [0.5, 0.6) is 0 Å². The van der Waals surface area contributed by atoms with E-state index in [0.717, 1.165) is 15.6 Å². The molecule has 0 spiro atoms. The van der Waals surface area contributed by atoms with Gasteiger partial charge in [-0.25, -0.2) is 0 Å². The zero-order valence-electron chi connectivity index (χ0n) is 16.7. The monoisotopic (exact) mass is 546 g/mol. The van der Waals surface area contributed by atoms with Crippen LogP contribution >= 0.6 is 31.9 Å². The second-order valence-corrected chi connectivity index (χ2v) is 8.93. The van der Waals surface area contributed by atoms with Crippen LogP contribution in [0.15, 0.2) is 111 Å². The van der Waals surface area contributed by atoms with Gasteiger partial charge in [0.05, 0.1) is 11.2 Å². The Morgan fingerprint density at radius 1 is 0.719 bits per heavy atom. The van der Waals surface area contributed by atoms with Crippen LogP contribution in [0.2, 0.25) is 0 Å². The first-order valence-corrected chi connectivity index (χ1v) is 11.5. The molecule has 0 saturated heterocycles. The van der Waals surface area contributed by atoms with Crippen LogP contribution in [0.1, 0.15) is 16.1 Å². The van der Waals surface area contributed by atoms with Crippen molar-refractivity contribution in [3.05, 3.63) is 128 Å². The van der Waals surface area contributed by atoms with Crippen molar-refractivity contribution in [3.8, 4) is 16.8 Å². The zero-order valence-corrected chi connectivity index (χ0v) is 19.9. The van der Waals surface area contributed by atoms with Crippen molar-refractivity contribution in [2.45, 2.75) is 0 Å². The normalized spacial score (nSPS) is 11.1. The summed E-state index contributed by atoms with van der Waals surface area (Å²) < 4.78 is 5.02. The number of benzene rings is 2. The molecule has 3 aromatic heterocycles. The smallest absolute Gasteiger partial charge is 0.255 e. The van der Waals surface area contributed by atoms with Crippen molar-refractivity contribution in [1.82, 2.24) is 8.97 Å². The highest BCUT2D eigenvalue weighted by Crippen LogP contribution is 2.40. The fraction of sp³-hybridized carbons (Fsp3) is 0. The lowest BCUT2D eigenvalue weighted by Gasteiger charge is -2.12. The molecule has 0 fully saturated rings. The molecule has 0 atom stereocenters. The van der Waals surface area contributed by atoms with Gasteiger partial charge in [-0.3, -0.25) is 14.2 Å². The third-order valence-electron chi connectivity index (χ3n) is 5.36. The summed E-state index contributed by atoms with van der Waals surface area (Å²) in [6.45, 7) is 0. The fourth-order valence-corrected chi connectivity index (χ4v) is 4.91. The summed E-state index contributed by atoms with van der Waals surface area (Å²) in [4.78, 5) is 26.8. The largest absolute Gasteiger partial charge is 0.311 e. The van der Waals surface area contributed by atoms with Crippen LogP contribution in [0.25, 0.3) is 22.3 Å². The Balaban J connectivity index is 1.97. The van der Waals surface area contributed by atoms with E-state index in [1.807, 2.05) is 77.3 Å². The van der Waals surface area contributed by atoms with Gasteiger partial charge in [-0.05, 0) is 36.4 Å². The Kier molecular flexibility index (Phi) is 5.41. The molecule has 3 heterocycles. The van der Waals surface area contributed by atoms with Crippen molar-refractivity contribution < 1.29 is 4.79 Å². The second-order valence-electron chi connectivity index (χ2n) is 7.23. The number of pyridine rings is 2. The van der Waals surface area contributed by atoms with Crippen LogP contribution in [-0.2, 0) is 0 Å². The summed E-state index contributed by atoms with van der Waals surface area (Å²) in [5, 5.41) is 0. The summed E-state index contributed by atoms with van der Waals surface area (Å²) >= 11 is 7.17. The average Bonchev–Trinajstić information content (AvgIpc) is 3.14. The van der Waals surface area contributed by atoms with E-state index in [0.29, 0.717) is 27.0 Å². The third kappa shape index (κ3) is 3.36. The summed E-state index contributed by atoms with van der Waals surface area (Å²) in [6.07, 6.45) is 3.59. The average molecular weight is 548 g/mol. The summed E-state index contributed by atoms with van der Waals surface area (Å²) in [5.74, 6) is -0.139. The summed E-state index contributed by atoms with van der Waals surface area (Å²) in [7, 11) is 0. The minimum Gasteiger partial charge on any atom is -0.311 e. The van der Waals surface area contributed by atoms with E-state index in [1.54, 1.807) is 22.9 Å². The van der Waals surface area contributed by atoms with Gasteiger partial charge < -0.3 is 4.40 Å². The number of hydrogen-bond donors (Lipinski definition) is 0. The Hall–Kier alpha value is -3.22. The standard InChI is InChI=1S/C26H16Br2N2O2/c27-19-11-3-1-9-17(19)23-24(30-16-8-6-14-22(30)31)21-13-5-7-15-29(21)25(23)26(32)18-10-2-4-12-20(18)28/h1-16H. The van der Waals surface area contributed by atoms with Gasteiger partial charge in [-0.15, -0.1) is 0 Å². The number of fused-ring (bicyclic) bond motifs is 1. The maximum atomic E-state index is 14.0. The molecular weight excluding hydrogens is 532 g/mol. The maximum Gasteiger partial charge on any atom is 0.255 e. The lowest BCUT2D eigenvalue weighted by atomic mass is 9.98. The van der Waals surface area contributed by atoms with E-state index in [9.17, 15) is 9.59 Å². The molecule has 4 nitrogen and oxygen atoms in total. The topological polar surface area (TPSA) is 43.5 Å². The SMILES string of the molecule is O=C(c1ccccc1Br)c1c(-c2ccccc2Br)c(-n2ccccc2=O)c2ccccn12. The number of aromatic nitrogens is 2. The molecule has 0 N–H and O–H groups in total. The zero-order chi connectivity index (χ0) is 22.2. The van der Waals surface area contributed by atoms with Gasteiger partial charge in [0.25, 0.3) is 5.56 Å². The summed E-state index contributed by atoms with van der Waals surface area (Å²) in [5.41, 5.74) is 3.83. The van der Waals surface area contributed by atoms with Crippen LogP contribution < -0.4 is 5.56 Å². The van der Waals surface area contributed by atoms with E-state index in [1.165, 1.54) is 6.07 Å². The summed E-state index contributed by atoms with van der Waals surface area (Å²) in [6, 6.07) is 25.8. The Bertz CT molecular complexity index is 1550. The van der Waals surface area contributed by atoms with Crippen LogP contribution in [0, 0.1) is 0 Å². The second kappa shape index (κ2) is 8.37. The first-order chi connectivity index (χ1) is 15.6. The quantitative estimate of drug-likeness (QED) is 0.241. The van der Waals surface area contributed by atoms with E-state index in [4.69, 9.17) is 0 Å². The van der Waals surface area contributed by atoms with Gasteiger partial charge in [0.2, 0.25) is 5.78 Å². The van der Waals surface area contributed by atoms with Crippen molar-refractivity contribution >= 4 is 43.2 Å². The molecule has 5 rings (SSSR count). The van der Waals surface area contributed by atoms with Crippen molar-refractivity contribution in [1.29, 1.82) is 0 Å². The molecule has 32 heavy (non-hydrogen) atoms. The van der Waals surface area contributed by atoms with E-state index in [-0.39, 0.29) is 11.3 Å². The Labute approximate surface area is 201 Å². The lowest BCUT2D eigenvalue weighted by molar-refractivity contribution is 0.103. The highest BCUT2D eigenvalue weighted by atomic mass is 79.9. The number of rotatable bonds is 4. The fourth-order valence-electron chi connectivity index (χ4n) is 3.96. The number of carbonyl (C=O) groups excluding carboxylic acids is 1. The van der Waals surface area contributed by atoms with Gasteiger partial charge in [0.1, 0.15) is 5.69 Å². The van der Waals surface area contributed by atoms with Gasteiger partial charge in [-0.1, -0.05) is 74.3 Å². The molecule has 0 saturated carbocycles. The molecule has 0 bridgehead atoms. The predicted molar refractivity (Wildman–Crippen MR) is 134 cm³/mol. The molecule has 0 unspecified atom stereocenters.